The van der Waals surface area contributed by atoms with Crippen molar-refractivity contribution in [2.45, 2.75) is 19.4 Å². The molecule has 1 aliphatic rings. The molecule has 98 valence electrons. The Labute approximate surface area is 110 Å². The van der Waals surface area contributed by atoms with Crippen molar-refractivity contribution < 1.29 is 14.7 Å². The molecule has 18 heavy (non-hydrogen) atoms. The molecule has 2 heterocycles. The molecule has 1 fully saturated rings. The Morgan fingerprint density at radius 1 is 1.50 bits per heavy atom. The van der Waals surface area contributed by atoms with Gasteiger partial charge in [-0.1, -0.05) is 18.5 Å². The molecule has 1 aromatic heterocycles. The lowest BCUT2D eigenvalue weighted by Crippen LogP contribution is -2.43. The van der Waals surface area contributed by atoms with E-state index >= 15 is 0 Å². The number of carbonyl (C=O) groups is 2. The summed E-state index contributed by atoms with van der Waals surface area (Å²) < 4.78 is 1.62. The number of rotatable bonds is 2. The average molecular weight is 271 g/mol. The molecule has 2 atom stereocenters. The van der Waals surface area contributed by atoms with Crippen LogP contribution in [0.5, 0.6) is 0 Å². The van der Waals surface area contributed by atoms with Crippen LogP contribution in [0, 0.1) is 5.92 Å². The number of halogens is 1. The molecule has 0 spiro atoms. The first-order valence-corrected chi connectivity index (χ1v) is 6.15. The predicted molar refractivity (Wildman–Crippen MR) is 66.7 cm³/mol. The minimum atomic E-state index is -0.950. The van der Waals surface area contributed by atoms with Gasteiger partial charge in [0.15, 0.2) is 0 Å². The number of carboxylic acids is 1. The lowest BCUT2D eigenvalue weighted by molar-refractivity contribution is -0.142. The van der Waals surface area contributed by atoms with Crippen molar-refractivity contribution in [2.24, 2.45) is 13.0 Å². The number of aryl methyl sites for hydroxylation is 1. The van der Waals surface area contributed by atoms with Crippen molar-refractivity contribution >= 4 is 23.5 Å². The molecule has 1 aliphatic heterocycles. The van der Waals surface area contributed by atoms with Crippen LogP contribution in [0.15, 0.2) is 12.3 Å². The Bertz CT molecular complexity index is 498. The SMILES string of the molecule is CC1CCN(C(=O)c2cc(Cl)cn2C)C1C(=O)O. The van der Waals surface area contributed by atoms with E-state index in [0.717, 1.165) is 0 Å². The molecule has 1 aromatic rings. The molecule has 1 saturated heterocycles. The second-order valence-corrected chi connectivity index (χ2v) is 5.14. The fourth-order valence-electron chi connectivity index (χ4n) is 2.44. The first-order chi connectivity index (χ1) is 8.41. The molecule has 0 bridgehead atoms. The number of aromatic nitrogens is 1. The van der Waals surface area contributed by atoms with Gasteiger partial charge < -0.3 is 14.6 Å². The molecular weight excluding hydrogens is 256 g/mol. The average Bonchev–Trinajstić information content (AvgIpc) is 2.80. The molecule has 0 aliphatic carbocycles. The van der Waals surface area contributed by atoms with Crippen molar-refractivity contribution in [3.05, 3.63) is 23.0 Å². The molecular formula is C12H15ClN2O3. The first-order valence-electron chi connectivity index (χ1n) is 5.77. The molecule has 0 aromatic carbocycles. The van der Waals surface area contributed by atoms with E-state index in [1.165, 1.54) is 4.90 Å². The quantitative estimate of drug-likeness (QED) is 0.888. The zero-order valence-electron chi connectivity index (χ0n) is 10.3. The third kappa shape index (κ3) is 2.10. The van der Waals surface area contributed by atoms with Gasteiger partial charge in [-0.3, -0.25) is 4.79 Å². The summed E-state index contributed by atoms with van der Waals surface area (Å²) in [6.45, 7) is 2.32. The summed E-state index contributed by atoms with van der Waals surface area (Å²) >= 11 is 5.84. The van der Waals surface area contributed by atoms with E-state index in [9.17, 15) is 14.7 Å². The minimum Gasteiger partial charge on any atom is -0.480 e. The van der Waals surface area contributed by atoms with E-state index in [4.69, 9.17) is 11.6 Å². The van der Waals surface area contributed by atoms with Crippen molar-refractivity contribution in [3.63, 3.8) is 0 Å². The summed E-state index contributed by atoms with van der Waals surface area (Å²) in [5.41, 5.74) is 0.417. The number of hydrogen-bond donors (Lipinski definition) is 1. The van der Waals surface area contributed by atoms with Gasteiger partial charge in [0.25, 0.3) is 5.91 Å². The third-order valence-electron chi connectivity index (χ3n) is 3.40. The van der Waals surface area contributed by atoms with Gasteiger partial charge in [0, 0.05) is 19.8 Å². The lowest BCUT2D eigenvalue weighted by atomic mass is 10.0. The number of nitrogens with zero attached hydrogens (tertiary/aromatic N) is 2. The number of likely N-dealkylation sites (tertiary alicyclic amines) is 1. The molecule has 2 unspecified atom stereocenters. The number of amides is 1. The standard InChI is InChI=1S/C12H15ClN2O3/c1-7-3-4-15(10(7)12(17)18)11(16)9-5-8(13)6-14(9)2/h5-7,10H,3-4H2,1-2H3,(H,17,18). The maximum atomic E-state index is 12.3. The Kier molecular flexibility index (Phi) is 3.34. The highest BCUT2D eigenvalue weighted by molar-refractivity contribution is 6.31. The summed E-state index contributed by atoms with van der Waals surface area (Å²) in [6, 6.07) is 0.817. The number of carboxylic acid groups (broad SMARTS) is 1. The van der Waals surface area contributed by atoms with E-state index in [2.05, 4.69) is 0 Å². The van der Waals surface area contributed by atoms with Crippen LogP contribution in [0.2, 0.25) is 5.02 Å². The summed E-state index contributed by atoms with van der Waals surface area (Å²) in [7, 11) is 1.72. The van der Waals surface area contributed by atoms with Gasteiger partial charge in [0.1, 0.15) is 11.7 Å². The van der Waals surface area contributed by atoms with Crippen molar-refractivity contribution in [1.29, 1.82) is 0 Å². The maximum Gasteiger partial charge on any atom is 0.326 e. The molecule has 0 saturated carbocycles. The van der Waals surface area contributed by atoms with Gasteiger partial charge in [0.2, 0.25) is 0 Å². The smallest absolute Gasteiger partial charge is 0.326 e. The summed E-state index contributed by atoms with van der Waals surface area (Å²) in [6.07, 6.45) is 2.34. The number of aliphatic carboxylic acids is 1. The second kappa shape index (κ2) is 4.65. The Morgan fingerprint density at radius 2 is 2.17 bits per heavy atom. The molecule has 5 nitrogen and oxygen atoms in total. The largest absolute Gasteiger partial charge is 0.480 e. The minimum absolute atomic E-state index is 0.0257. The van der Waals surface area contributed by atoms with Gasteiger partial charge in [0.05, 0.1) is 5.02 Å². The van der Waals surface area contributed by atoms with E-state index in [-0.39, 0.29) is 11.8 Å². The fraction of sp³-hybridized carbons (Fsp3) is 0.500. The monoisotopic (exact) mass is 270 g/mol. The van der Waals surface area contributed by atoms with Crippen LogP contribution in [0.25, 0.3) is 0 Å². The Balaban J connectivity index is 2.29. The Hall–Kier alpha value is -1.49. The summed E-state index contributed by atoms with van der Waals surface area (Å²) in [4.78, 5) is 25.0. The van der Waals surface area contributed by atoms with Gasteiger partial charge >= 0.3 is 5.97 Å². The molecule has 1 N–H and O–H groups in total. The fourth-order valence-corrected chi connectivity index (χ4v) is 2.69. The van der Waals surface area contributed by atoms with Gasteiger partial charge in [-0.2, -0.15) is 0 Å². The topological polar surface area (TPSA) is 62.5 Å². The molecule has 6 heteroatoms. The van der Waals surface area contributed by atoms with Crippen LogP contribution in [0.3, 0.4) is 0 Å². The van der Waals surface area contributed by atoms with Crippen LogP contribution >= 0.6 is 11.6 Å². The van der Waals surface area contributed by atoms with Crippen LogP contribution in [0.4, 0.5) is 0 Å². The van der Waals surface area contributed by atoms with Crippen molar-refractivity contribution in [1.82, 2.24) is 9.47 Å². The lowest BCUT2D eigenvalue weighted by Gasteiger charge is -2.23. The first kappa shape index (κ1) is 13.0. The Morgan fingerprint density at radius 3 is 2.67 bits per heavy atom. The van der Waals surface area contributed by atoms with E-state index in [1.54, 1.807) is 23.9 Å². The van der Waals surface area contributed by atoms with E-state index in [0.29, 0.717) is 23.7 Å². The highest BCUT2D eigenvalue weighted by Crippen LogP contribution is 2.26. The number of hydrogen-bond acceptors (Lipinski definition) is 2. The summed E-state index contributed by atoms with van der Waals surface area (Å²) in [5, 5.41) is 9.67. The predicted octanol–water partition coefficient (Wildman–Crippen LogP) is 1.61. The molecule has 0 radical (unpaired) electrons. The van der Waals surface area contributed by atoms with E-state index in [1.807, 2.05) is 6.92 Å². The normalized spacial score (nSPS) is 23.4. The maximum absolute atomic E-state index is 12.3. The van der Waals surface area contributed by atoms with Gasteiger partial charge in [-0.05, 0) is 18.4 Å². The van der Waals surface area contributed by atoms with Crippen molar-refractivity contribution in [3.8, 4) is 0 Å². The van der Waals surface area contributed by atoms with Crippen LogP contribution < -0.4 is 0 Å². The molecule has 1 amide bonds. The number of carbonyl (C=O) groups excluding carboxylic acids is 1. The van der Waals surface area contributed by atoms with Crippen LogP contribution in [0.1, 0.15) is 23.8 Å². The van der Waals surface area contributed by atoms with E-state index < -0.39 is 12.0 Å². The molecule has 2 rings (SSSR count). The van der Waals surface area contributed by atoms with Crippen LogP contribution in [-0.4, -0.2) is 39.0 Å². The highest BCUT2D eigenvalue weighted by Gasteiger charge is 2.40. The van der Waals surface area contributed by atoms with Crippen LogP contribution in [-0.2, 0) is 11.8 Å². The highest BCUT2D eigenvalue weighted by atomic mass is 35.5. The second-order valence-electron chi connectivity index (χ2n) is 4.70. The van der Waals surface area contributed by atoms with Gasteiger partial charge in [-0.25, -0.2) is 4.79 Å². The summed E-state index contributed by atoms with van der Waals surface area (Å²) in [5.74, 6) is -1.25. The zero-order valence-corrected chi connectivity index (χ0v) is 11.0. The van der Waals surface area contributed by atoms with Gasteiger partial charge in [-0.15, -0.1) is 0 Å². The van der Waals surface area contributed by atoms with Crippen molar-refractivity contribution in [2.75, 3.05) is 6.54 Å². The third-order valence-corrected chi connectivity index (χ3v) is 3.61. The zero-order chi connectivity index (χ0) is 13.4.